The summed E-state index contributed by atoms with van der Waals surface area (Å²) in [6.45, 7) is 9.22. The topological polar surface area (TPSA) is 29.5 Å². The predicted molar refractivity (Wildman–Crippen MR) is 69.0 cm³/mol. The lowest BCUT2D eigenvalue weighted by molar-refractivity contribution is 0.234. The van der Waals surface area contributed by atoms with Gasteiger partial charge < -0.3 is 9.84 Å². The van der Waals surface area contributed by atoms with Crippen LogP contribution in [0.5, 0.6) is 5.75 Å². The molecule has 1 aromatic carbocycles. The van der Waals surface area contributed by atoms with Gasteiger partial charge in [-0.3, -0.25) is 0 Å². The minimum atomic E-state index is 0.666. The molecule has 0 aromatic heterocycles. The van der Waals surface area contributed by atoms with Gasteiger partial charge >= 0.3 is 0 Å². The third-order valence-electron chi connectivity index (χ3n) is 2.31. The van der Waals surface area contributed by atoms with Gasteiger partial charge in [-0.2, -0.15) is 0 Å². The molecule has 0 radical (unpaired) electrons. The Bertz CT molecular complexity index is 295. The van der Waals surface area contributed by atoms with Crippen LogP contribution in [-0.2, 0) is 6.42 Å². The molecule has 0 amide bonds. The van der Waals surface area contributed by atoms with Crippen molar-refractivity contribution in [2.45, 2.75) is 34.1 Å². The predicted octanol–water partition coefficient (Wildman–Crippen LogP) is 3.20. The van der Waals surface area contributed by atoms with E-state index in [0.29, 0.717) is 5.92 Å². The highest BCUT2D eigenvalue weighted by Crippen LogP contribution is 2.27. The maximum absolute atomic E-state index is 7.00. The van der Waals surface area contributed by atoms with Gasteiger partial charge in [0.15, 0.2) is 0 Å². The monoisotopic (exact) mass is 224 g/mol. The van der Waals surface area contributed by atoms with Crippen molar-refractivity contribution < 1.29 is 9.84 Å². The van der Waals surface area contributed by atoms with Crippen LogP contribution in [0.15, 0.2) is 18.2 Å². The fourth-order valence-electron chi connectivity index (χ4n) is 1.67. The van der Waals surface area contributed by atoms with E-state index in [2.05, 4.69) is 32.0 Å². The Morgan fingerprint density at radius 3 is 2.50 bits per heavy atom. The summed E-state index contributed by atoms with van der Waals surface area (Å²) in [5.74, 6) is 1.75. The van der Waals surface area contributed by atoms with Gasteiger partial charge in [0, 0.05) is 7.11 Å². The molecule has 0 spiro atoms. The van der Waals surface area contributed by atoms with Gasteiger partial charge in [-0.15, -0.1) is 0 Å². The van der Waals surface area contributed by atoms with Crippen LogP contribution in [0.3, 0.4) is 0 Å². The van der Waals surface area contributed by atoms with Gasteiger partial charge in [0.25, 0.3) is 0 Å². The van der Waals surface area contributed by atoms with Crippen LogP contribution >= 0.6 is 0 Å². The molecular weight excluding hydrogens is 200 g/mol. The molecule has 1 aliphatic rings. The second-order valence-corrected chi connectivity index (χ2v) is 3.73. The van der Waals surface area contributed by atoms with Crippen molar-refractivity contribution >= 4 is 0 Å². The number of hydrogen-bond donors (Lipinski definition) is 1. The highest BCUT2D eigenvalue weighted by atomic mass is 16.5. The zero-order valence-corrected chi connectivity index (χ0v) is 11.1. The van der Waals surface area contributed by atoms with Crippen LogP contribution in [0.4, 0.5) is 0 Å². The molecule has 1 N–H and O–H groups in total. The maximum atomic E-state index is 7.00. The number of aryl methyl sites for hydroxylation is 1. The fourth-order valence-corrected chi connectivity index (χ4v) is 1.67. The molecule has 1 aliphatic heterocycles. The number of rotatable bonds is 0. The van der Waals surface area contributed by atoms with Crippen molar-refractivity contribution in [2.24, 2.45) is 5.92 Å². The summed E-state index contributed by atoms with van der Waals surface area (Å²) in [7, 11) is 1.00. The molecule has 1 unspecified atom stereocenters. The van der Waals surface area contributed by atoms with Crippen molar-refractivity contribution in [3.8, 4) is 5.75 Å². The Balaban J connectivity index is 0.000000509. The van der Waals surface area contributed by atoms with E-state index in [0.717, 1.165) is 25.9 Å². The van der Waals surface area contributed by atoms with Crippen molar-refractivity contribution in [1.82, 2.24) is 0 Å². The van der Waals surface area contributed by atoms with E-state index in [-0.39, 0.29) is 0 Å². The first-order chi connectivity index (χ1) is 7.75. The lowest BCUT2D eigenvalue weighted by atomic mass is 9.97. The highest BCUT2D eigenvalue weighted by molar-refractivity contribution is 5.38. The highest BCUT2D eigenvalue weighted by Gasteiger charge is 2.15. The first kappa shape index (κ1) is 15.0. The molecule has 1 atom stereocenters. The van der Waals surface area contributed by atoms with E-state index in [1.165, 1.54) is 11.1 Å². The van der Waals surface area contributed by atoms with Gasteiger partial charge in [-0.05, 0) is 30.9 Å². The first-order valence-corrected chi connectivity index (χ1v) is 5.93. The van der Waals surface area contributed by atoms with Crippen LogP contribution in [0, 0.1) is 12.8 Å². The van der Waals surface area contributed by atoms with Crippen LogP contribution < -0.4 is 4.74 Å². The largest absolute Gasteiger partial charge is 0.493 e. The molecule has 2 nitrogen and oxygen atoms in total. The van der Waals surface area contributed by atoms with Crippen molar-refractivity contribution in [3.05, 3.63) is 29.3 Å². The Kier molecular flexibility index (Phi) is 7.65. The molecule has 16 heavy (non-hydrogen) atoms. The average molecular weight is 224 g/mol. The Labute approximate surface area is 99.3 Å². The molecular formula is C14H24O2. The zero-order chi connectivity index (χ0) is 12.6. The summed E-state index contributed by atoms with van der Waals surface area (Å²) in [4.78, 5) is 0. The number of benzene rings is 1. The van der Waals surface area contributed by atoms with E-state index in [1.807, 2.05) is 13.8 Å². The van der Waals surface area contributed by atoms with Crippen molar-refractivity contribution in [1.29, 1.82) is 0 Å². The normalized spacial score (nSPS) is 16.8. The van der Waals surface area contributed by atoms with Crippen LogP contribution in [0.1, 0.15) is 31.9 Å². The molecule has 1 aromatic rings. The maximum Gasteiger partial charge on any atom is 0.122 e. The van der Waals surface area contributed by atoms with Gasteiger partial charge in [0.1, 0.15) is 5.75 Å². The van der Waals surface area contributed by atoms with Gasteiger partial charge in [0.2, 0.25) is 0 Å². The van der Waals surface area contributed by atoms with E-state index >= 15 is 0 Å². The van der Waals surface area contributed by atoms with Crippen LogP contribution in [0.2, 0.25) is 0 Å². The minimum absolute atomic E-state index is 0.666. The number of hydrogen-bond acceptors (Lipinski definition) is 2. The van der Waals surface area contributed by atoms with Gasteiger partial charge in [-0.25, -0.2) is 0 Å². The molecule has 1 heterocycles. The molecule has 0 saturated carbocycles. The smallest absolute Gasteiger partial charge is 0.122 e. The average Bonchev–Trinajstić information content (AvgIpc) is 2.33. The molecule has 0 fully saturated rings. The van der Waals surface area contributed by atoms with Crippen molar-refractivity contribution in [2.75, 3.05) is 13.7 Å². The summed E-state index contributed by atoms with van der Waals surface area (Å²) in [5, 5.41) is 7.00. The first-order valence-electron chi connectivity index (χ1n) is 5.93. The summed E-state index contributed by atoms with van der Waals surface area (Å²) >= 11 is 0. The van der Waals surface area contributed by atoms with Gasteiger partial charge in [-0.1, -0.05) is 38.5 Å². The number of ether oxygens (including phenoxy) is 1. The van der Waals surface area contributed by atoms with E-state index in [4.69, 9.17) is 9.84 Å². The molecule has 0 bridgehead atoms. The number of aliphatic hydroxyl groups excluding tert-OH is 1. The summed E-state index contributed by atoms with van der Waals surface area (Å²) in [5.41, 5.74) is 2.69. The molecule has 0 saturated heterocycles. The SMILES string of the molecule is CC.CO.Cc1ccc2c(c1)CC(C)CO2. The van der Waals surface area contributed by atoms with Crippen molar-refractivity contribution in [3.63, 3.8) is 0 Å². The van der Waals surface area contributed by atoms with E-state index in [1.54, 1.807) is 0 Å². The van der Waals surface area contributed by atoms with Crippen LogP contribution in [0.25, 0.3) is 0 Å². The molecule has 92 valence electrons. The third kappa shape index (κ3) is 4.23. The molecule has 0 aliphatic carbocycles. The number of fused-ring (bicyclic) bond motifs is 1. The van der Waals surface area contributed by atoms with Crippen LogP contribution in [-0.4, -0.2) is 18.8 Å². The second kappa shape index (κ2) is 8.17. The quantitative estimate of drug-likeness (QED) is 0.733. The zero-order valence-electron chi connectivity index (χ0n) is 11.1. The van der Waals surface area contributed by atoms with Gasteiger partial charge in [0.05, 0.1) is 6.61 Å². The Morgan fingerprint density at radius 1 is 1.25 bits per heavy atom. The molecule has 2 rings (SSSR count). The standard InChI is InChI=1S/C11H14O.C2H6.CH4O/c1-8-3-4-11-10(5-8)6-9(2)7-12-11;2*1-2/h3-5,9H,6-7H2,1-2H3;1-2H3;2H,1H3. The summed E-state index contributed by atoms with van der Waals surface area (Å²) < 4.78 is 5.59. The van der Waals surface area contributed by atoms with E-state index in [9.17, 15) is 0 Å². The minimum Gasteiger partial charge on any atom is -0.493 e. The molecule has 2 heteroatoms. The second-order valence-electron chi connectivity index (χ2n) is 3.73. The Hall–Kier alpha value is -1.02. The number of aliphatic hydroxyl groups is 1. The lowest BCUT2D eigenvalue weighted by Gasteiger charge is -2.22. The summed E-state index contributed by atoms with van der Waals surface area (Å²) in [6, 6.07) is 6.41. The third-order valence-corrected chi connectivity index (χ3v) is 2.31. The lowest BCUT2D eigenvalue weighted by Crippen LogP contribution is -2.17. The summed E-state index contributed by atoms with van der Waals surface area (Å²) in [6.07, 6.45) is 1.16. The fraction of sp³-hybridized carbons (Fsp3) is 0.571. The van der Waals surface area contributed by atoms with E-state index < -0.39 is 0 Å². The Morgan fingerprint density at radius 2 is 1.88 bits per heavy atom.